The normalized spacial score (nSPS) is 21.3. The van der Waals surface area contributed by atoms with Gasteiger partial charge >= 0.3 is 11.9 Å². The van der Waals surface area contributed by atoms with E-state index in [-0.39, 0.29) is 56.6 Å². The lowest BCUT2D eigenvalue weighted by Crippen LogP contribution is -2.15. The van der Waals surface area contributed by atoms with Crippen molar-refractivity contribution in [1.29, 1.82) is 0 Å². The molecule has 2 atom stereocenters. The van der Waals surface area contributed by atoms with Crippen molar-refractivity contribution < 1.29 is 28.5 Å². The zero-order valence-electron chi connectivity index (χ0n) is 11.9. The standard InChI is InChI=1S/C14H10Cl4O6/c15-9-7(13(19)23-3-5-1-21-5)10(16)12(18)8(11(9)17)14(20)24-4-6-2-22-6/h5-6H,1-4H2. The van der Waals surface area contributed by atoms with E-state index >= 15 is 0 Å². The van der Waals surface area contributed by atoms with E-state index in [4.69, 9.17) is 65.4 Å². The summed E-state index contributed by atoms with van der Waals surface area (Å²) >= 11 is 24.3. The van der Waals surface area contributed by atoms with Crippen LogP contribution < -0.4 is 0 Å². The number of epoxide rings is 2. The molecule has 2 unspecified atom stereocenters. The Morgan fingerprint density at radius 3 is 1.33 bits per heavy atom. The molecule has 0 saturated carbocycles. The molecule has 0 amide bonds. The van der Waals surface area contributed by atoms with Crippen LogP contribution >= 0.6 is 46.4 Å². The summed E-state index contributed by atoms with van der Waals surface area (Å²) in [5.74, 6) is -1.62. The van der Waals surface area contributed by atoms with E-state index in [2.05, 4.69) is 0 Å². The van der Waals surface area contributed by atoms with Crippen molar-refractivity contribution in [2.75, 3.05) is 26.4 Å². The lowest BCUT2D eigenvalue weighted by molar-refractivity contribution is 0.0464. The fourth-order valence-corrected chi connectivity index (χ4v) is 2.96. The van der Waals surface area contributed by atoms with Gasteiger partial charge in [-0.1, -0.05) is 46.4 Å². The number of esters is 2. The first kappa shape index (κ1) is 18.0. The van der Waals surface area contributed by atoms with Crippen molar-refractivity contribution in [3.8, 4) is 0 Å². The number of rotatable bonds is 6. The van der Waals surface area contributed by atoms with E-state index in [9.17, 15) is 9.59 Å². The highest BCUT2D eigenvalue weighted by Gasteiger charge is 2.32. The molecule has 0 aliphatic carbocycles. The number of hydrogen-bond donors (Lipinski definition) is 0. The van der Waals surface area contributed by atoms with Gasteiger partial charge in [0.2, 0.25) is 0 Å². The summed E-state index contributed by atoms with van der Waals surface area (Å²) in [6.45, 7) is 1.16. The zero-order valence-corrected chi connectivity index (χ0v) is 15.0. The lowest BCUT2D eigenvalue weighted by atomic mass is 10.1. The molecule has 0 N–H and O–H groups in total. The molecule has 10 heteroatoms. The maximum atomic E-state index is 12.1. The van der Waals surface area contributed by atoms with Gasteiger partial charge in [0, 0.05) is 0 Å². The summed E-state index contributed by atoms with van der Waals surface area (Å²) in [6, 6.07) is 0. The summed E-state index contributed by atoms with van der Waals surface area (Å²) in [4.78, 5) is 24.3. The van der Waals surface area contributed by atoms with Gasteiger partial charge < -0.3 is 18.9 Å². The fraction of sp³-hybridized carbons (Fsp3) is 0.429. The van der Waals surface area contributed by atoms with Crippen LogP contribution in [0.25, 0.3) is 0 Å². The number of hydrogen-bond acceptors (Lipinski definition) is 6. The smallest absolute Gasteiger partial charge is 0.341 e. The van der Waals surface area contributed by atoms with Crippen LogP contribution in [0.15, 0.2) is 0 Å². The summed E-state index contributed by atoms with van der Waals surface area (Å²) in [5, 5.41) is -0.936. The number of halogens is 4. The van der Waals surface area contributed by atoms with Crippen molar-refractivity contribution in [1.82, 2.24) is 0 Å². The zero-order chi connectivity index (χ0) is 17.4. The van der Waals surface area contributed by atoms with E-state index in [0.29, 0.717) is 13.2 Å². The minimum absolute atomic E-state index is 0.0614. The van der Waals surface area contributed by atoms with Crippen LogP contribution in [0.3, 0.4) is 0 Å². The Kier molecular flexibility index (Phi) is 5.44. The highest BCUT2D eigenvalue weighted by Crippen LogP contribution is 2.42. The SMILES string of the molecule is O=C(OCC1CO1)c1c(Cl)c(Cl)c(C(=O)OCC2CO2)c(Cl)c1Cl. The van der Waals surface area contributed by atoms with Crippen LogP contribution in [0, 0.1) is 0 Å². The van der Waals surface area contributed by atoms with Crippen molar-refractivity contribution >= 4 is 58.3 Å². The Balaban J connectivity index is 1.85. The van der Waals surface area contributed by atoms with E-state index in [1.165, 1.54) is 0 Å². The predicted molar refractivity (Wildman–Crippen MR) is 86.5 cm³/mol. The van der Waals surface area contributed by atoms with Gasteiger partial charge in [-0.25, -0.2) is 9.59 Å². The maximum Gasteiger partial charge on any atom is 0.341 e. The Morgan fingerprint density at radius 2 is 1.08 bits per heavy atom. The molecule has 0 aromatic heterocycles. The Morgan fingerprint density at radius 1 is 0.792 bits per heavy atom. The first-order chi connectivity index (χ1) is 11.4. The van der Waals surface area contributed by atoms with Gasteiger partial charge in [0.15, 0.2) is 0 Å². The quantitative estimate of drug-likeness (QED) is 0.402. The van der Waals surface area contributed by atoms with Crippen molar-refractivity contribution in [2.24, 2.45) is 0 Å². The molecule has 130 valence electrons. The van der Waals surface area contributed by atoms with Crippen LogP contribution in [0.4, 0.5) is 0 Å². The van der Waals surface area contributed by atoms with Gasteiger partial charge in [-0.15, -0.1) is 0 Å². The van der Waals surface area contributed by atoms with Crippen molar-refractivity contribution in [3.05, 3.63) is 31.2 Å². The van der Waals surface area contributed by atoms with Gasteiger partial charge in [-0.05, 0) is 0 Å². The summed E-state index contributed by atoms with van der Waals surface area (Å²) in [6.07, 6.45) is -0.257. The second-order valence-corrected chi connectivity index (χ2v) is 6.63. The maximum absolute atomic E-state index is 12.1. The number of carbonyl (C=O) groups is 2. The van der Waals surface area contributed by atoms with Gasteiger partial charge in [-0.2, -0.15) is 0 Å². The molecule has 0 radical (unpaired) electrons. The van der Waals surface area contributed by atoms with Crippen LogP contribution in [0.2, 0.25) is 20.1 Å². The molecule has 6 nitrogen and oxygen atoms in total. The molecule has 1 aromatic rings. The monoisotopic (exact) mass is 414 g/mol. The second-order valence-electron chi connectivity index (χ2n) is 5.11. The van der Waals surface area contributed by atoms with E-state index < -0.39 is 11.9 Å². The minimum atomic E-state index is -0.810. The molecule has 2 heterocycles. The summed E-state index contributed by atoms with van der Waals surface area (Å²) in [7, 11) is 0. The van der Waals surface area contributed by atoms with E-state index in [1.807, 2.05) is 0 Å². The van der Waals surface area contributed by atoms with Crippen LogP contribution in [0.1, 0.15) is 20.7 Å². The molecule has 0 bridgehead atoms. The average Bonchev–Trinajstić information content (AvgIpc) is 3.44. The molecule has 2 aliphatic rings. The first-order valence-electron chi connectivity index (χ1n) is 6.83. The topological polar surface area (TPSA) is 77.7 Å². The third kappa shape index (κ3) is 3.90. The van der Waals surface area contributed by atoms with E-state index in [1.54, 1.807) is 0 Å². The highest BCUT2D eigenvalue weighted by molar-refractivity contribution is 6.52. The van der Waals surface area contributed by atoms with Crippen LogP contribution in [0.5, 0.6) is 0 Å². The first-order valence-corrected chi connectivity index (χ1v) is 8.34. The van der Waals surface area contributed by atoms with Gasteiger partial charge in [0.05, 0.1) is 44.4 Å². The van der Waals surface area contributed by atoms with Crippen LogP contribution in [-0.2, 0) is 18.9 Å². The predicted octanol–water partition coefficient (Wildman–Crippen LogP) is 3.41. The molecule has 24 heavy (non-hydrogen) atoms. The summed E-state index contributed by atoms with van der Waals surface area (Å²) < 4.78 is 19.9. The third-order valence-corrected chi connectivity index (χ3v) is 4.98. The molecule has 2 fully saturated rings. The van der Waals surface area contributed by atoms with E-state index in [0.717, 1.165) is 0 Å². The molecule has 3 rings (SSSR count). The number of carbonyl (C=O) groups excluding carboxylic acids is 2. The molecule has 2 aliphatic heterocycles. The highest BCUT2D eigenvalue weighted by atomic mass is 35.5. The second kappa shape index (κ2) is 7.23. The summed E-state index contributed by atoms with van der Waals surface area (Å²) in [5.41, 5.74) is -0.424. The van der Waals surface area contributed by atoms with Gasteiger partial charge in [-0.3, -0.25) is 0 Å². The Hall–Kier alpha value is -0.760. The molecule has 2 saturated heterocycles. The van der Waals surface area contributed by atoms with Crippen LogP contribution in [-0.4, -0.2) is 50.6 Å². The number of ether oxygens (including phenoxy) is 4. The van der Waals surface area contributed by atoms with Crippen molar-refractivity contribution in [2.45, 2.75) is 12.2 Å². The lowest BCUT2D eigenvalue weighted by Gasteiger charge is -2.14. The molecule has 0 spiro atoms. The van der Waals surface area contributed by atoms with Gasteiger partial charge in [0.25, 0.3) is 0 Å². The third-order valence-electron chi connectivity index (χ3n) is 3.28. The average molecular weight is 416 g/mol. The fourth-order valence-electron chi connectivity index (χ4n) is 1.80. The molecular weight excluding hydrogens is 406 g/mol. The Labute approximate surface area is 156 Å². The Bertz CT molecular complexity index is 611. The largest absolute Gasteiger partial charge is 0.459 e. The number of benzene rings is 1. The molecular formula is C14H10Cl4O6. The minimum Gasteiger partial charge on any atom is -0.459 e. The molecule has 1 aromatic carbocycles. The van der Waals surface area contributed by atoms with Gasteiger partial charge in [0.1, 0.15) is 25.4 Å². The van der Waals surface area contributed by atoms with Crippen molar-refractivity contribution in [3.63, 3.8) is 0 Å².